The van der Waals surface area contributed by atoms with Gasteiger partial charge in [0.25, 0.3) is 0 Å². The molecule has 1 unspecified atom stereocenters. The molecule has 5 aromatic rings. The molecule has 1 aromatic heterocycles. The zero-order valence-corrected chi connectivity index (χ0v) is 23.0. The first-order valence-corrected chi connectivity index (χ1v) is 13.2. The highest BCUT2D eigenvalue weighted by molar-refractivity contribution is 6.32. The van der Waals surface area contributed by atoms with Gasteiger partial charge in [-0.25, -0.2) is 9.97 Å². The molecule has 4 N–H and O–H groups in total. The summed E-state index contributed by atoms with van der Waals surface area (Å²) in [5, 5.41) is 16.2. The lowest BCUT2D eigenvalue weighted by Gasteiger charge is -2.27. The second kappa shape index (κ2) is 12.0. The topological polar surface area (TPSA) is 103 Å². The molecule has 0 bridgehead atoms. The van der Waals surface area contributed by atoms with Crippen molar-refractivity contribution in [3.8, 4) is 6.07 Å². The second-order valence-electron chi connectivity index (χ2n) is 9.03. The average molecular weight is 566 g/mol. The van der Waals surface area contributed by atoms with Crippen molar-refractivity contribution in [2.45, 2.75) is 12.8 Å². The molecule has 0 saturated heterocycles. The van der Waals surface area contributed by atoms with Gasteiger partial charge in [-0.2, -0.15) is 5.26 Å². The molecule has 4 aromatic carbocycles. The fourth-order valence-corrected chi connectivity index (χ4v) is 4.69. The standard InChI is InChI=1S/C31H25Cl2N7/c1-20-16-25(26(18-34)21-12-14-22(32)15-13-21)27(33)17-28(20)38-30-29(35)31(37-19-36-30)39-40(23-8-4-2-5-9-23)24-10-6-3-7-11-24/h2-17,19,26H,35H2,1H3,(H2,36,37,38,39). The van der Waals surface area contributed by atoms with E-state index in [9.17, 15) is 5.26 Å². The van der Waals surface area contributed by atoms with E-state index in [0.29, 0.717) is 38.6 Å². The van der Waals surface area contributed by atoms with Crippen LogP contribution >= 0.6 is 23.2 Å². The van der Waals surface area contributed by atoms with Crippen LogP contribution in [0.1, 0.15) is 22.6 Å². The molecule has 5 rings (SSSR count). The molecule has 0 spiro atoms. The smallest absolute Gasteiger partial charge is 0.173 e. The summed E-state index contributed by atoms with van der Waals surface area (Å²) in [6.45, 7) is 1.93. The number of hydrogen-bond acceptors (Lipinski definition) is 7. The number of rotatable bonds is 8. The van der Waals surface area contributed by atoms with Crippen molar-refractivity contribution in [2.75, 3.05) is 21.5 Å². The highest BCUT2D eigenvalue weighted by Crippen LogP contribution is 2.36. The normalized spacial score (nSPS) is 11.3. The van der Waals surface area contributed by atoms with E-state index in [2.05, 4.69) is 26.8 Å². The number of para-hydroxylation sites is 2. The van der Waals surface area contributed by atoms with E-state index in [1.54, 1.807) is 18.2 Å². The van der Waals surface area contributed by atoms with E-state index in [4.69, 9.17) is 28.9 Å². The Labute approximate surface area is 242 Å². The van der Waals surface area contributed by atoms with Crippen LogP contribution in [0.3, 0.4) is 0 Å². The van der Waals surface area contributed by atoms with Crippen molar-refractivity contribution in [1.29, 1.82) is 5.26 Å². The molecule has 0 radical (unpaired) electrons. The predicted octanol–water partition coefficient (Wildman–Crippen LogP) is 8.24. The summed E-state index contributed by atoms with van der Waals surface area (Å²) in [5.74, 6) is 0.303. The van der Waals surface area contributed by atoms with Gasteiger partial charge in [-0.1, -0.05) is 77.8 Å². The van der Waals surface area contributed by atoms with Crippen molar-refractivity contribution >= 4 is 57.6 Å². The molecule has 1 atom stereocenters. The van der Waals surface area contributed by atoms with Crippen LogP contribution in [0.4, 0.5) is 34.4 Å². The van der Waals surface area contributed by atoms with Gasteiger partial charge in [-0.05, 0) is 66.1 Å². The lowest BCUT2D eigenvalue weighted by Crippen LogP contribution is -2.26. The highest BCUT2D eigenvalue weighted by atomic mass is 35.5. The number of halogens is 2. The van der Waals surface area contributed by atoms with E-state index in [-0.39, 0.29) is 0 Å². The number of aryl methyl sites for hydroxylation is 1. The predicted molar refractivity (Wildman–Crippen MR) is 163 cm³/mol. The molecule has 0 aliphatic rings. The Morgan fingerprint density at radius 2 is 1.45 bits per heavy atom. The first-order valence-electron chi connectivity index (χ1n) is 12.4. The van der Waals surface area contributed by atoms with Gasteiger partial charge in [0.05, 0.1) is 23.4 Å². The minimum Gasteiger partial charge on any atom is -0.393 e. The van der Waals surface area contributed by atoms with Crippen LogP contribution in [-0.4, -0.2) is 9.97 Å². The van der Waals surface area contributed by atoms with Crippen LogP contribution in [0.25, 0.3) is 0 Å². The third-order valence-corrected chi connectivity index (χ3v) is 6.95. The van der Waals surface area contributed by atoms with Gasteiger partial charge < -0.3 is 11.1 Å². The minimum absolute atomic E-state index is 0.329. The molecule has 198 valence electrons. The van der Waals surface area contributed by atoms with Gasteiger partial charge >= 0.3 is 0 Å². The van der Waals surface area contributed by atoms with Crippen molar-refractivity contribution in [3.63, 3.8) is 0 Å². The summed E-state index contributed by atoms with van der Waals surface area (Å²) in [4.78, 5) is 8.77. The number of nitrogens with one attached hydrogen (secondary N) is 2. The van der Waals surface area contributed by atoms with Gasteiger partial charge in [-0.3, -0.25) is 10.4 Å². The molecule has 0 aliphatic carbocycles. The number of nitrogens with zero attached hydrogens (tertiary/aromatic N) is 4. The van der Waals surface area contributed by atoms with Crippen molar-refractivity contribution in [1.82, 2.24) is 9.97 Å². The van der Waals surface area contributed by atoms with E-state index in [1.165, 1.54) is 6.33 Å². The average Bonchev–Trinajstić information content (AvgIpc) is 2.98. The van der Waals surface area contributed by atoms with Gasteiger partial charge in [0, 0.05) is 15.7 Å². The first-order chi connectivity index (χ1) is 19.4. The molecular formula is C31H25Cl2N7. The Morgan fingerprint density at radius 3 is 2.05 bits per heavy atom. The van der Waals surface area contributed by atoms with E-state index in [0.717, 1.165) is 22.5 Å². The summed E-state index contributed by atoms with van der Waals surface area (Å²) >= 11 is 12.7. The minimum atomic E-state index is -0.542. The van der Waals surface area contributed by atoms with Crippen molar-refractivity contribution in [3.05, 3.63) is 130 Å². The fourth-order valence-electron chi connectivity index (χ4n) is 4.29. The van der Waals surface area contributed by atoms with Crippen LogP contribution in [-0.2, 0) is 0 Å². The summed E-state index contributed by atoms with van der Waals surface area (Å²) in [5.41, 5.74) is 15.1. The third kappa shape index (κ3) is 5.79. The van der Waals surface area contributed by atoms with E-state index < -0.39 is 5.92 Å². The Bertz CT molecular complexity index is 1610. The van der Waals surface area contributed by atoms with Crippen LogP contribution in [0.2, 0.25) is 10.0 Å². The molecule has 1 heterocycles. The molecular weight excluding hydrogens is 541 g/mol. The van der Waals surface area contributed by atoms with Crippen molar-refractivity contribution in [2.24, 2.45) is 0 Å². The maximum atomic E-state index is 9.92. The Morgan fingerprint density at radius 1 is 0.850 bits per heavy atom. The molecule has 0 aliphatic heterocycles. The zero-order chi connectivity index (χ0) is 28.1. The second-order valence-corrected chi connectivity index (χ2v) is 9.87. The number of anilines is 6. The molecule has 7 nitrogen and oxygen atoms in total. The maximum Gasteiger partial charge on any atom is 0.173 e. The summed E-state index contributed by atoms with van der Waals surface area (Å²) in [7, 11) is 0. The number of nitrogens with two attached hydrogens (primary N) is 1. The molecule has 9 heteroatoms. The number of benzene rings is 4. The Hall–Kier alpha value is -4.77. The zero-order valence-electron chi connectivity index (χ0n) is 21.5. The molecule has 0 saturated carbocycles. The third-order valence-electron chi connectivity index (χ3n) is 6.37. The number of hydrogen-bond donors (Lipinski definition) is 3. The van der Waals surface area contributed by atoms with Crippen LogP contribution in [0.5, 0.6) is 0 Å². The summed E-state index contributed by atoms with van der Waals surface area (Å²) < 4.78 is 0. The van der Waals surface area contributed by atoms with E-state index >= 15 is 0 Å². The lowest BCUT2D eigenvalue weighted by atomic mass is 9.91. The SMILES string of the molecule is Cc1cc(C(C#N)c2ccc(Cl)cc2)c(Cl)cc1Nc1ncnc(NN(c2ccccc2)c2ccccc2)c1N. The van der Waals surface area contributed by atoms with Gasteiger partial charge in [0.1, 0.15) is 12.0 Å². The Kier molecular flexibility index (Phi) is 8.02. The van der Waals surface area contributed by atoms with Gasteiger partial charge in [0.2, 0.25) is 0 Å². The number of aromatic nitrogens is 2. The van der Waals surface area contributed by atoms with E-state index in [1.807, 2.05) is 90.8 Å². The van der Waals surface area contributed by atoms with Gasteiger partial charge in [-0.15, -0.1) is 0 Å². The molecule has 0 fully saturated rings. The number of nitriles is 1. The fraction of sp³-hybridized carbons (Fsp3) is 0.0645. The maximum absolute atomic E-state index is 9.92. The largest absolute Gasteiger partial charge is 0.393 e. The number of nitrogen functional groups attached to an aromatic ring is 1. The summed E-state index contributed by atoms with van der Waals surface area (Å²) in [6.07, 6.45) is 1.44. The van der Waals surface area contributed by atoms with Crippen LogP contribution in [0, 0.1) is 18.3 Å². The van der Waals surface area contributed by atoms with Crippen LogP contribution < -0.4 is 21.5 Å². The first kappa shape index (κ1) is 26.8. The van der Waals surface area contributed by atoms with Gasteiger partial charge in [0.15, 0.2) is 11.6 Å². The van der Waals surface area contributed by atoms with Crippen LogP contribution in [0.15, 0.2) is 103 Å². The molecule has 0 amide bonds. The lowest BCUT2D eigenvalue weighted by molar-refractivity contribution is 1.03. The highest BCUT2D eigenvalue weighted by Gasteiger charge is 2.20. The van der Waals surface area contributed by atoms with Crippen molar-refractivity contribution < 1.29 is 0 Å². The summed E-state index contributed by atoms with van der Waals surface area (Å²) in [6, 6.07) is 32.9. The monoisotopic (exact) mass is 565 g/mol. The Balaban J connectivity index is 1.44. The molecule has 40 heavy (non-hydrogen) atoms. The quantitative estimate of drug-likeness (QED) is 0.163. The number of hydrazine groups is 1.